The third-order valence-corrected chi connectivity index (χ3v) is 2.63. The van der Waals surface area contributed by atoms with E-state index in [9.17, 15) is 4.79 Å². The molecule has 0 fully saturated rings. The van der Waals surface area contributed by atoms with E-state index in [1.165, 1.54) is 12.3 Å². The van der Waals surface area contributed by atoms with Crippen LogP contribution in [-0.2, 0) is 0 Å². The quantitative estimate of drug-likeness (QED) is 0.905. The number of benzene rings is 1. The Morgan fingerprint density at radius 2 is 1.90 bits per heavy atom. The zero-order chi connectivity index (χ0) is 14.5. The smallest absolute Gasteiger partial charge is 0.337 e. The third-order valence-electron chi connectivity index (χ3n) is 2.63. The molecule has 0 aliphatic heterocycles. The van der Waals surface area contributed by atoms with Gasteiger partial charge in [0.15, 0.2) is 0 Å². The zero-order valence-corrected chi connectivity index (χ0v) is 11.3. The van der Waals surface area contributed by atoms with Crippen LogP contribution in [0, 0.1) is 6.92 Å². The van der Waals surface area contributed by atoms with Crippen LogP contribution in [0.5, 0.6) is 17.4 Å². The van der Waals surface area contributed by atoms with E-state index in [1.54, 1.807) is 31.2 Å². The predicted molar refractivity (Wildman–Crippen MR) is 73.6 cm³/mol. The minimum absolute atomic E-state index is 0.140. The molecule has 0 radical (unpaired) electrons. The molecule has 0 aliphatic rings. The summed E-state index contributed by atoms with van der Waals surface area (Å²) < 4.78 is 11.0. The van der Waals surface area contributed by atoms with Gasteiger partial charge in [0, 0.05) is 11.8 Å². The third kappa shape index (κ3) is 3.26. The first-order chi connectivity index (χ1) is 9.60. The summed E-state index contributed by atoms with van der Waals surface area (Å²) in [4.78, 5) is 14.8. The first-order valence-electron chi connectivity index (χ1n) is 6.21. The Kier molecular flexibility index (Phi) is 4.20. The van der Waals surface area contributed by atoms with Crippen LogP contribution >= 0.6 is 0 Å². The average molecular weight is 273 g/mol. The second kappa shape index (κ2) is 6.06. The van der Waals surface area contributed by atoms with Crippen molar-refractivity contribution < 1.29 is 19.4 Å². The number of ether oxygens (including phenoxy) is 2. The van der Waals surface area contributed by atoms with Crippen LogP contribution in [-0.4, -0.2) is 22.7 Å². The van der Waals surface area contributed by atoms with Crippen molar-refractivity contribution in [1.29, 1.82) is 0 Å². The molecule has 1 aromatic heterocycles. The molecule has 0 saturated carbocycles. The Morgan fingerprint density at radius 3 is 2.45 bits per heavy atom. The Hall–Kier alpha value is -2.56. The number of hydrogen-bond donors (Lipinski definition) is 1. The average Bonchev–Trinajstić information content (AvgIpc) is 2.43. The summed E-state index contributed by atoms with van der Waals surface area (Å²) >= 11 is 0. The van der Waals surface area contributed by atoms with Crippen LogP contribution < -0.4 is 9.47 Å². The Bertz CT molecular complexity index is 608. The maximum absolute atomic E-state index is 10.8. The normalized spacial score (nSPS) is 10.1. The standard InChI is InChI=1S/C15H15NO4/c1-3-19-12-4-6-13(7-5-12)20-14-10(2)8-11(9-16-14)15(17)18/h4-9H,3H2,1-2H3,(H,17,18). The lowest BCUT2D eigenvalue weighted by molar-refractivity contribution is 0.0696. The number of nitrogens with zero attached hydrogens (tertiary/aromatic N) is 1. The van der Waals surface area contributed by atoms with Crippen molar-refractivity contribution in [3.05, 3.63) is 47.7 Å². The lowest BCUT2D eigenvalue weighted by Gasteiger charge is -2.09. The van der Waals surface area contributed by atoms with Crippen LogP contribution in [0.4, 0.5) is 0 Å². The molecule has 0 unspecified atom stereocenters. The van der Waals surface area contributed by atoms with Gasteiger partial charge in [0.25, 0.3) is 0 Å². The van der Waals surface area contributed by atoms with E-state index in [-0.39, 0.29) is 5.56 Å². The summed E-state index contributed by atoms with van der Waals surface area (Å²) in [5.74, 6) is 0.769. The highest BCUT2D eigenvalue weighted by molar-refractivity contribution is 5.87. The molecule has 104 valence electrons. The topological polar surface area (TPSA) is 68.7 Å². The summed E-state index contributed by atoms with van der Waals surface area (Å²) in [6, 6.07) is 8.69. The summed E-state index contributed by atoms with van der Waals surface area (Å²) in [5.41, 5.74) is 0.806. The number of carboxylic acids is 1. The lowest BCUT2D eigenvalue weighted by Crippen LogP contribution is -2.00. The highest BCUT2D eigenvalue weighted by Crippen LogP contribution is 2.25. The van der Waals surface area contributed by atoms with Crippen LogP contribution in [0.1, 0.15) is 22.8 Å². The summed E-state index contributed by atoms with van der Waals surface area (Å²) in [6.45, 7) is 4.28. The van der Waals surface area contributed by atoms with Crippen molar-refractivity contribution in [1.82, 2.24) is 4.98 Å². The summed E-state index contributed by atoms with van der Waals surface area (Å²) in [6.07, 6.45) is 1.28. The van der Waals surface area contributed by atoms with E-state index in [1.807, 2.05) is 6.92 Å². The fraction of sp³-hybridized carbons (Fsp3) is 0.200. The van der Waals surface area contributed by atoms with E-state index >= 15 is 0 Å². The van der Waals surface area contributed by atoms with E-state index in [0.717, 1.165) is 5.75 Å². The van der Waals surface area contributed by atoms with Crippen molar-refractivity contribution in [2.75, 3.05) is 6.61 Å². The zero-order valence-electron chi connectivity index (χ0n) is 11.3. The molecule has 0 spiro atoms. The van der Waals surface area contributed by atoms with Gasteiger partial charge in [0.1, 0.15) is 11.5 Å². The monoisotopic (exact) mass is 273 g/mol. The first kappa shape index (κ1) is 13.9. The number of carboxylic acid groups (broad SMARTS) is 1. The molecule has 0 atom stereocenters. The summed E-state index contributed by atoms with van der Waals surface area (Å²) in [7, 11) is 0. The predicted octanol–water partition coefficient (Wildman–Crippen LogP) is 3.28. The molecule has 1 heterocycles. The minimum atomic E-state index is -1.01. The Morgan fingerprint density at radius 1 is 1.25 bits per heavy atom. The maximum atomic E-state index is 10.8. The highest BCUT2D eigenvalue weighted by atomic mass is 16.5. The number of carbonyl (C=O) groups is 1. The van der Waals surface area contributed by atoms with Gasteiger partial charge in [-0.3, -0.25) is 0 Å². The van der Waals surface area contributed by atoms with Gasteiger partial charge < -0.3 is 14.6 Å². The maximum Gasteiger partial charge on any atom is 0.337 e. The SMILES string of the molecule is CCOc1ccc(Oc2ncc(C(=O)O)cc2C)cc1. The molecule has 2 rings (SSSR count). The molecule has 5 nitrogen and oxygen atoms in total. The minimum Gasteiger partial charge on any atom is -0.494 e. The van der Waals surface area contributed by atoms with Crippen LogP contribution in [0.3, 0.4) is 0 Å². The van der Waals surface area contributed by atoms with Crippen LogP contribution in [0.15, 0.2) is 36.5 Å². The van der Waals surface area contributed by atoms with Gasteiger partial charge in [0.2, 0.25) is 5.88 Å². The largest absolute Gasteiger partial charge is 0.494 e. The van der Waals surface area contributed by atoms with Crippen molar-refractivity contribution in [2.24, 2.45) is 0 Å². The van der Waals surface area contributed by atoms with Crippen LogP contribution in [0.2, 0.25) is 0 Å². The molecule has 0 aliphatic carbocycles. The Balaban J connectivity index is 2.15. The molecule has 5 heteroatoms. The fourth-order valence-electron chi connectivity index (χ4n) is 1.67. The lowest BCUT2D eigenvalue weighted by atomic mass is 10.2. The van der Waals surface area contributed by atoms with Gasteiger partial charge in [-0.05, 0) is 44.2 Å². The Labute approximate surface area is 116 Å². The number of aromatic carboxylic acids is 1. The van der Waals surface area contributed by atoms with Gasteiger partial charge >= 0.3 is 5.97 Å². The van der Waals surface area contributed by atoms with E-state index < -0.39 is 5.97 Å². The molecular formula is C15H15NO4. The van der Waals surface area contributed by atoms with Gasteiger partial charge in [-0.2, -0.15) is 0 Å². The van der Waals surface area contributed by atoms with Crippen molar-refractivity contribution >= 4 is 5.97 Å². The van der Waals surface area contributed by atoms with Gasteiger partial charge in [-0.1, -0.05) is 0 Å². The first-order valence-corrected chi connectivity index (χ1v) is 6.21. The molecule has 2 aromatic rings. The molecule has 0 amide bonds. The second-order valence-corrected chi connectivity index (χ2v) is 4.16. The highest BCUT2D eigenvalue weighted by Gasteiger charge is 2.08. The number of pyridine rings is 1. The summed E-state index contributed by atoms with van der Waals surface area (Å²) in [5, 5.41) is 8.88. The van der Waals surface area contributed by atoms with Gasteiger partial charge in [-0.25, -0.2) is 9.78 Å². The molecule has 1 N–H and O–H groups in total. The van der Waals surface area contributed by atoms with E-state index in [0.29, 0.717) is 23.8 Å². The van der Waals surface area contributed by atoms with Gasteiger partial charge in [-0.15, -0.1) is 0 Å². The number of rotatable bonds is 5. The molecule has 20 heavy (non-hydrogen) atoms. The number of aromatic nitrogens is 1. The van der Waals surface area contributed by atoms with Crippen molar-refractivity contribution in [3.8, 4) is 17.4 Å². The molecule has 0 saturated heterocycles. The van der Waals surface area contributed by atoms with Crippen LogP contribution in [0.25, 0.3) is 0 Å². The second-order valence-electron chi connectivity index (χ2n) is 4.16. The van der Waals surface area contributed by atoms with Crippen molar-refractivity contribution in [2.45, 2.75) is 13.8 Å². The number of aryl methyl sites for hydroxylation is 1. The molecular weight excluding hydrogens is 258 g/mol. The number of hydrogen-bond acceptors (Lipinski definition) is 4. The van der Waals surface area contributed by atoms with E-state index in [2.05, 4.69) is 4.98 Å². The van der Waals surface area contributed by atoms with Crippen molar-refractivity contribution in [3.63, 3.8) is 0 Å². The molecule has 1 aromatic carbocycles. The fourth-order valence-corrected chi connectivity index (χ4v) is 1.67. The van der Waals surface area contributed by atoms with E-state index in [4.69, 9.17) is 14.6 Å². The van der Waals surface area contributed by atoms with Gasteiger partial charge in [0.05, 0.1) is 12.2 Å². The molecule has 0 bridgehead atoms.